The lowest BCUT2D eigenvalue weighted by Crippen LogP contribution is -2.41. The average molecular weight is 267 g/mol. The third-order valence-corrected chi connectivity index (χ3v) is 2.90. The normalized spacial score (nSPS) is 15.1. The lowest BCUT2D eigenvalue weighted by molar-refractivity contribution is -0.116. The number of hydrogen-bond acceptors (Lipinski definition) is 3. The first kappa shape index (κ1) is 15.8. The fourth-order valence-electron chi connectivity index (χ4n) is 2.40. The molecule has 0 aromatic heterocycles. The van der Waals surface area contributed by atoms with Crippen molar-refractivity contribution in [2.75, 3.05) is 0 Å². The molecule has 3 nitrogen and oxygen atoms in total. The molecule has 3 N–H and O–H groups in total. The molecule has 0 aliphatic heterocycles. The third kappa shape index (κ3) is 4.73. The highest BCUT2D eigenvalue weighted by Gasteiger charge is 2.31. The van der Waals surface area contributed by atoms with Crippen molar-refractivity contribution in [3.05, 3.63) is 35.1 Å². The van der Waals surface area contributed by atoms with Gasteiger partial charge < -0.3 is 10.8 Å². The molecule has 0 spiro atoms. The van der Waals surface area contributed by atoms with Gasteiger partial charge in [-0.15, -0.1) is 0 Å². The van der Waals surface area contributed by atoms with Gasteiger partial charge >= 0.3 is 0 Å². The van der Waals surface area contributed by atoms with Gasteiger partial charge in [-0.1, -0.05) is 12.1 Å². The molecule has 1 atom stereocenters. The Balaban J connectivity index is 3.13. The van der Waals surface area contributed by atoms with E-state index in [0.717, 1.165) is 5.56 Å². The standard InChI is InChI=1S/C15H22FNO2/c1-10(18)7-11-5-6-13(16)12(8-11)15(4,17)9-14(2,3)19/h5-6,8,19H,7,9,17H2,1-4H3/t15-/m0/s1. The Hall–Kier alpha value is -1.26. The molecule has 0 amide bonds. The molecule has 0 bridgehead atoms. The molecule has 19 heavy (non-hydrogen) atoms. The van der Waals surface area contributed by atoms with Crippen LogP contribution in [0.1, 0.15) is 45.2 Å². The third-order valence-electron chi connectivity index (χ3n) is 2.90. The van der Waals surface area contributed by atoms with Crippen LogP contribution in [-0.4, -0.2) is 16.5 Å². The number of carbonyl (C=O) groups is 1. The van der Waals surface area contributed by atoms with Crippen molar-refractivity contribution in [2.24, 2.45) is 5.73 Å². The Bertz CT molecular complexity index is 476. The number of Topliss-reactive ketones (excluding diaryl/α,β-unsaturated/α-hetero) is 1. The van der Waals surface area contributed by atoms with Gasteiger partial charge in [-0.25, -0.2) is 4.39 Å². The number of rotatable bonds is 5. The van der Waals surface area contributed by atoms with E-state index >= 15 is 0 Å². The van der Waals surface area contributed by atoms with Crippen molar-refractivity contribution in [1.29, 1.82) is 0 Å². The first-order valence-electron chi connectivity index (χ1n) is 6.31. The Morgan fingerprint density at radius 3 is 2.42 bits per heavy atom. The van der Waals surface area contributed by atoms with Crippen molar-refractivity contribution in [3.63, 3.8) is 0 Å². The molecule has 0 fully saturated rings. The molecule has 1 aromatic carbocycles. The highest BCUT2D eigenvalue weighted by Crippen LogP contribution is 2.30. The van der Waals surface area contributed by atoms with Crippen LogP contribution in [0.4, 0.5) is 4.39 Å². The van der Waals surface area contributed by atoms with Crippen molar-refractivity contribution in [3.8, 4) is 0 Å². The molecule has 0 radical (unpaired) electrons. The van der Waals surface area contributed by atoms with E-state index < -0.39 is 17.0 Å². The molecule has 0 heterocycles. The topological polar surface area (TPSA) is 63.3 Å². The van der Waals surface area contributed by atoms with Crippen LogP contribution in [0.25, 0.3) is 0 Å². The SMILES string of the molecule is CC(=O)Cc1ccc(F)c([C@@](C)(N)CC(C)(C)O)c1. The van der Waals surface area contributed by atoms with E-state index in [1.165, 1.54) is 13.0 Å². The average Bonchev–Trinajstić information content (AvgIpc) is 2.16. The zero-order chi connectivity index (χ0) is 14.8. The Labute approximate surface area is 113 Å². The summed E-state index contributed by atoms with van der Waals surface area (Å²) in [6.45, 7) is 6.44. The predicted octanol–water partition coefficient (Wildman–Crippen LogP) is 2.29. The Kier molecular flexibility index (Phi) is 4.48. The second-order valence-electron chi connectivity index (χ2n) is 6.10. The number of halogens is 1. The molecule has 0 aliphatic rings. The first-order valence-corrected chi connectivity index (χ1v) is 6.31. The Morgan fingerprint density at radius 2 is 1.95 bits per heavy atom. The predicted molar refractivity (Wildman–Crippen MR) is 73.2 cm³/mol. The van der Waals surface area contributed by atoms with Gasteiger partial charge in [-0.3, -0.25) is 4.79 Å². The maximum atomic E-state index is 13.9. The molecule has 0 saturated carbocycles. The van der Waals surface area contributed by atoms with Crippen LogP contribution in [0.2, 0.25) is 0 Å². The number of benzene rings is 1. The smallest absolute Gasteiger partial charge is 0.134 e. The molecular weight excluding hydrogens is 245 g/mol. The molecule has 106 valence electrons. The van der Waals surface area contributed by atoms with E-state index in [0.29, 0.717) is 5.56 Å². The van der Waals surface area contributed by atoms with Gasteiger partial charge in [-0.05, 0) is 45.7 Å². The lowest BCUT2D eigenvalue weighted by atomic mass is 9.82. The minimum atomic E-state index is -0.994. The van der Waals surface area contributed by atoms with E-state index in [-0.39, 0.29) is 18.6 Å². The Morgan fingerprint density at radius 1 is 1.37 bits per heavy atom. The fraction of sp³-hybridized carbons (Fsp3) is 0.533. The quantitative estimate of drug-likeness (QED) is 0.860. The maximum Gasteiger partial charge on any atom is 0.134 e. The molecule has 4 heteroatoms. The van der Waals surface area contributed by atoms with E-state index in [9.17, 15) is 14.3 Å². The van der Waals surface area contributed by atoms with E-state index in [2.05, 4.69) is 0 Å². The highest BCUT2D eigenvalue weighted by atomic mass is 19.1. The monoisotopic (exact) mass is 267 g/mol. The van der Waals surface area contributed by atoms with Gasteiger partial charge in [0.15, 0.2) is 0 Å². The van der Waals surface area contributed by atoms with E-state index in [1.807, 2.05) is 0 Å². The summed E-state index contributed by atoms with van der Waals surface area (Å²) in [4.78, 5) is 11.1. The summed E-state index contributed by atoms with van der Waals surface area (Å²) in [6.07, 6.45) is 0.478. The van der Waals surface area contributed by atoms with E-state index in [4.69, 9.17) is 5.73 Å². The second kappa shape index (κ2) is 5.39. The minimum absolute atomic E-state index is 0.0128. The number of ketones is 1. The van der Waals surface area contributed by atoms with Crippen LogP contribution in [0.15, 0.2) is 18.2 Å². The van der Waals surface area contributed by atoms with Crippen LogP contribution in [0.5, 0.6) is 0 Å². The van der Waals surface area contributed by atoms with Crippen LogP contribution in [0.3, 0.4) is 0 Å². The van der Waals surface area contributed by atoms with Gasteiger partial charge in [0, 0.05) is 17.5 Å². The number of aliphatic hydroxyl groups is 1. The van der Waals surface area contributed by atoms with Crippen LogP contribution in [-0.2, 0) is 16.8 Å². The molecule has 1 aromatic rings. The maximum absolute atomic E-state index is 13.9. The molecule has 0 unspecified atom stereocenters. The summed E-state index contributed by atoms with van der Waals surface area (Å²) < 4.78 is 13.9. The summed E-state index contributed by atoms with van der Waals surface area (Å²) in [5, 5.41) is 9.86. The van der Waals surface area contributed by atoms with Crippen molar-refractivity contribution in [1.82, 2.24) is 0 Å². The van der Waals surface area contributed by atoms with Gasteiger partial charge in [0.1, 0.15) is 11.6 Å². The van der Waals surface area contributed by atoms with Crippen molar-refractivity contribution in [2.45, 2.75) is 51.7 Å². The second-order valence-corrected chi connectivity index (χ2v) is 6.10. The number of nitrogens with two attached hydrogens (primary N) is 1. The first-order chi connectivity index (χ1) is 8.51. The number of hydrogen-bond donors (Lipinski definition) is 2. The summed E-state index contributed by atoms with van der Waals surface area (Å²) >= 11 is 0. The summed E-state index contributed by atoms with van der Waals surface area (Å²) in [6, 6.07) is 4.52. The van der Waals surface area contributed by atoms with E-state index in [1.54, 1.807) is 32.9 Å². The molecular formula is C15H22FNO2. The zero-order valence-corrected chi connectivity index (χ0v) is 12.0. The minimum Gasteiger partial charge on any atom is -0.390 e. The van der Waals surface area contributed by atoms with Gasteiger partial charge in [0.2, 0.25) is 0 Å². The van der Waals surface area contributed by atoms with Crippen LogP contribution >= 0.6 is 0 Å². The number of carbonyl (C=O) groups excluding carboxylic acids is 1. The molecule has 0 aliphatic carbocycles. The van der Waals surface area contributed by atoms with Gasteiger partial charge in [-0.2, -0.15) is 0 Å². The fourth-order valence-corrected chi connectivity index (χ4v) is 2.40. The largest absolute Gasteiger partial charge is 0.390 e. The van der Waals surface area contributed by atoms with Crippen LogP contribution in [0, 0.1) is 5.82 Å². The lowest BCUT2D eigenvalue weighted by Gasteiger charge is -2.32. The van der Waals surface area contributed by atoms with Crippen LogP contribution < -0.4 is 5.73 Å². The van der Waals surface area contributed by atoms with Crippen molar-refractivity contribution < 1.29 is 14.3 Å². The highest BCUT2D eigenvalue weighted by molar-refractivity contribution is 5.78. The zero-order valence-electron chi connectivity index (χ0n) is 12.0. The molecule has 0 saturated heterocycles. The summed E-state index contributed by atoms with van der Waals surface area (Å²) in [5.41, 5.74) is 5.22. The van der Waals surface area contributed by atoms with Gasteiger partial charge in [0.25, 0.3) is 0 Å². The van der Waals surface area contributed by atoms with Gasteiger partial charge in [0.05, 0.1) is 5.60 Å². The summed E-state index contributed by atoms with van der Waals surface area (Å²) in [7, 11) is 0. The summed E-state index contributed by atoms with van der Waals surface area (Å²) in [5.74, 6) is -0.402. The molecule has 1 rings (SSSR count). The van der Waals surface area contributed by atoms with Crippen molar-refractivity contribution >= 4 is 5.78 Å².